The molecule has 1 saturated heterocycles. The minimum Gasteiger partial charge on any atom is -0.303 e. The Labute approximate surface area is 114 Å². The van der Waals surface area contributed by atoms with Crippen LogP contribution in [-0.2, 0) is 4.79 Å². The van der Waals surface area contributed by atoms with Gasteiger partial charge in [-0.15, -0.1) is 0 Å². The molecule has 1 aromatic rings. The summed E-state index contributed by atoms with van der Waals surface area (Å²) >= 11 is 0. The van der Waals surface area contributed by atoms with Crippen LogP contribution in [0.1, 0.15) is 44.2 Å². The maximum Gasteiger partial charge on any atom is 0.123 e. The van der Waals surface area contributed by atoms with Gasteiger partial charge in [0.2, 0.25) is 0 Å². The number of nitrogens with zero attached hydrogens (tertiary/aromatic N) is 1. The van der Waals surface area contributed by atoms with Crippen LogP contribution in [0.5, 0.6) is 0 Å². The van der Waals surface area contributed by atoms with E-state index >= 15 is 0 Å². The Bertz CT molecular complexity index is 396. The van der Waals surface area contributed by atoms with E-state index in [1.165, 1.54) is 25.0 Å². The number of hydrogen-bond donors (Lipinski definition) is 0. The first-order valence-electron chi connectivity index (χ1n) is 7.14. The zero-order valence-corrected chi connectivity index (χ0v) is 11.5. The van der Waals surface area contributed by atoms with E-state index in [1.807, 2.05) is 12.1 Å². The lowest BCUT2D eigenvalue weighted by atomic mass is 9.94. The molecule has 0 N–H and O–H groups in total. The summed E-state index contributed by atoms with van der Waals surface area (Å²) in [6.45, 7) is 4.43. The van der Waals surface area contributed by atoms with Gasteiger partial charge in [0, 0.05) is 12.5 Å². The first-order valence-corrected chi connectivity index (χ1v) is 7.14. The molecule has 19 heavy (non-hydrogen) atoms. The highest BCUT2D eigenvalue weighted by Gasteiger charge is 2.24. The van der Waals surface area contributed by atoms with Gasteiger partial charge in [-0.25, -0.2) is 4.39 Å². The molecule has 1 aromatic carbocycles. The summed E-state index contributed by atoms with van der Waals surface area (Å²) in [5.74, 6) is 0.585. The fourth-order valence-electron chi connectivity index (χ4n) is 2.81. The summed E-state index contributed by atoms with van der Waals surface area (Å²) in [4.78, 5) is 13.1. The predicted molar refractivity (Wildman–Crippen MR) is 74.4 cm³/mol. The van der Waals surface area contributed by atoms with Crippen LogP contribution in [0.3, 0.4) is 0 Å². The number of benzene rings is 1. The average Bonchev–Trinajstić information content (AvgIpc) is 2.43. The summed E-state index contributed by atoms with van der Waals surface area (Å²) in [5, 5.41) is 0. The average molecular weight is 263 g/mol. The quantitative estimate of drug-likeness (QED) is 0.757. The van der Waals surface area contributed by atoms with E-state index in [4.69, 9.17) is 0 Å². The van der Waals surface area contributed by atoms with Gasteiger partial charge >= 0.3 is 0 Å². The highest BCUT2D eigenvalue weighted by atomic mass is 19.1. The molecule has 0 aromatic heterocycles. The highest BCUT2D eigenvalue weighted by molar-refractivity contribution is 5.49. The Kier molecular flexibility index (Phi) is 5.08. The largest absolute Gasteiger partial charge is 0.303 e. The number of piperidine rings is 1. The molecule has 0 spiro atoms. The normalized spacial score (nSPS) is 19.3. The standard InChI is InChI=1S/C16H22FNO/c1-13-8-10-18(11-9-13)16(3-2-12-19)14-4-6-15(17)7-5-14/h4-7,12-13,16H,2-3,8-11H2,1H3/t16-/m0/s1. The molecule has 3 heteroatoms. The van der Waals surface area contributed by atoms with Gasteiger partial charge in [-0.3, -0.25) is 4.90 Å². The lowest BCUT2D eigenvalue weighted by Crippen LogP contribution is -2.36. The van der Waals surface area contributed by atoms with Crippen molar-refractivity contribution in [3.05, 3.63) is 35.6 Å². The van der Waals surface area contributed by atoms with E-state index in [0.717, 1.165) is 37.3 Å². The third-order valence-corrected chi connectivity index (χ3v) is 4.07. The van der Waals surface area contributed by atoms with Crippen LogP contribution in [-0.4, -0.2) is 24.3 Å². The Hall–Kier alpha value is -1.22. The Balaban J connectivity index is 2.10. The van der Waals surface area contributed by atoms with Crippen LogP contribution in [0, 0.1) is 11.7 Å². The number of likely N-dealkylation sites (tertiary alicyclic amines) is 1. The lowest BCUT2D eigenvalue weighted by Gasteiger charge is -2.37. The first kappa shape index (κ1) is 14.2. The minimum atomic E-state index is -0.204. The fourth-order valence-corrected chi connectivity index (χ4v) is 2.81. The third kappa shape index (κ3) is 3.87. The maximum absolute atomic E-state index is 13.0. The molecule has 2 rings (SSSR count). The van der Waals surface area contributed by atoms with Crippen LogP contribution >= 0.6 is 0 Å². The summed E-state index contributed by atoms with van der Waals surface area (Å²) in [6, 6.07) is 6.97. The van der Waals surface area contributed by atoms with E-state index in [0.29, 0.717) is 6.42 Å². The molecule has 0 radical (unpaired) electrons. The van der Waals surface area contributed by atoms with Gasteiger partial charge in [-0.1, -0.05) is 19.1 Å². The second kappa shape index (κ2) is 6.80. The van der Waals surface area contributed by atoms with Gasteiger partial charge in [-0.2, -0.15) is 0 Å². The summed E-state index contributed by atoms with van der Waals surface area (Å²) in [5.41, 5.74) is 1.12. The van der Waals surface area contributed by atoms with Gasteiger partial charge < -0.3 is 4.79 Å². The van der Waals surface area contributed by atoms with Gasteiger partial charge in [0.15, 0.2) is 0 Å². The molecule has 0 unspecified atom stereocenters. The van der Waals surface area contributed by atoms with E-state index in [-0.39, 0.29) is 11.9 Å². The molecule has 1 atom stereocenters. The molecule has 2 nitrogen and oxygen atoms in total. The topological polar surface area (TPSA) is 20.3 Å². The SMILES string of the molecule is CC1CCN([C@@H](CCC=O)c2ccc(F)cc2)CC1. The van der Waals surface area contributed by atoms with Crippen molar-refractivity contribution in [2.75, 3.05) is 13.1 Å². The van der Waals surface area contributed by atoms with Crippen molar-refractivity contribution in [2.45, 2.75) is 38.6 Å². The molecule has 0 bridgehead atoms. The number of halogens is 1. The van der Waals surface area contributed by atoms with Crippen molar-refractivity contribution < 1.29 is 9.18 Å². The molecular formula is C16H22FNO. The van der Waals surface area contributed by atoms with Crippen LogP contribution < -0.4 is 0 Å². The second-order valence-electron chi connectivity index (χ2n) is 5.53. The van der Waals surface area contributed by atoms with Crippen LogP contribution in [0.15, 0.2) is 24.3 Å². The van der Waals surface area contributed by atoms with Crippen molar-refractivity contribution >= 4 is 6.29 Å². The fraction of sp³-hybridized carbons (Fsp3) is 0.562. The molecular weight excluding hydrogens is 241 g/mol. The third-order valence-electron chi connectivity index (χ3n) is 4.07. The summed E-state index contributed by atoms with van der Waals surface area (Å²) in [6.07, 6.45) is 4.78. The predicted octanol–water partition coefficient (Wildman–Crippen LogP) is 3.58. The molecule has 104 valence electrons. The van der Waals surface area contributed by atoms with Crippen LogP contribution in [0.2, 0.25) is 0 Å². The summed E-state index contributed by atoms with van der Waals surface area (Å²) in [7, 11) is 0. The van der Waals surface area contributed by atoms with E-state index in [2.05, 4.69) is 11.8 Å². The highest BCUT2D eigenvalue weighted by Crippen LogP contribution is 2.30. The Morgan fingerprint density at radius 3 is 2.53 bits per heavy atom. The number of carbonyl (C=O) groups is 1. The van der Waals surface area contributed by atoms with E-state index in [9.17, 15) is 9.18 Å². The lowest BCUT2D eigenvalue weighted by molar-refractivity contribution is -0.108. The van der Waals surface area contributed by atoms with Crippen molar-refractivity contribution in [3.63, 3.8) is 0 Å². The molecule has 1 fully saturated rings. The number of rotatable bonds is 5. The zero-order chi connectivity index (χ0) is 13.7. The van der Waals surface area contributed by atoms with Crippen molar-refractivity contribution in [2.24, 2.45) is 5.92 Å². The number of carbonyl (C=O) groups excluding carboxylic acids is 1. The van der Waals surface area contributed by atoms with Crippen molar-refractivity contribution in [3.8, 4) is 0 Å². The molecule has 0 saturated carbocycles. The van der Waals surface area contributed by atoms with Gasteiger partial charge in [0.25, 0.3) is 0 Å². The Morgan fingerprint density at radius 1 is 1.32 bits per heavy atom. The Morgan fingerprint density at radius 2 is 1.95 bits per heavy atom. The van der Waals surface area contributed by atoms with E-state index < -0.39 is 0 Å². The second-order valence-corrected chi connectivity index (χ2v) is 5.53. The molecule has 0 amide bonds. The smallest absolute Gasteiger partial charge is 0.123 e. The van der Waals surface area contributed by atoms with Gasteiger partial charge in [0.05, 0.1) is 0 Å². The molecule has 1 heterocycles. The van der Waals surface area contributed by atoms with Crippen LogP contribution in [0.4, 0.5) is 4.39 Å². The van der Waals surface area contributed by atoms with Crippen molar-refractivity contribution in [1.29, 1.82) is 0 Å². The summed E-state index contributed by atoms with van der Waals surface area (Å²) < 4.78 is 13.0. The zero-order valence-electron chi connectivity index (χ0n) is 11.5. The molecule has 1 aliphatic heterocycles. The molecule has 0 aliphatic carbocycles. The van der Waals surface area contributed by atoms with Crippen molar-refractivity contribution in [1.82, 2.24) is 4.90 Å². The van der Waals surface area contributed by atoms with E-state index in [1.54, 1.807) is 0 Å². The first-order chi connectivity index (χ1) is 9.20. The maximum atomic E-state index is 13.0. The van der Waals surface area contributed by atoms with Crippen LogP contribution in [0.25, 0.3) is 0 Å². The van der Waals surface area contributed by atoms with Gasteiger partial charge in [0.1, 0.15) is 12.1 Å². The number of hydrogen-bond acceptors (Lipinski definition) is 2. The van der Waals surface area contributed by atoms with Gasteiger partial charge in [-0.05, 0) is 56.0 Å². The monoisotopic (exact) mass is 263 g/mol. The molecule has 1 aliphatic rings. The number of aldehydes is 1. The minimum absolute atomic E-state index is 0.204.